The summed E-state index contributed by atoms with van der Waals surface area (Å²) in [5, 5.41) is 11.5. The topological polar surface area (TPSA) is 66.7 Å². The molecule has 1 aromatic heterocycles. The molecule has 2 aromatic rings. The lowest BCUT2D eigenvalue weighted by molar-refractivity contribution is 0.0389. The number of rotatable bonds is 8. The third kappa shape index (κ3) is 6.30. The van der Waals surface area contributed by atoms with Crippen LogP contribution in [0.15, 0.2) is 35.3 Å². The number of hydrogen-bond donors (Lipinski definition) is 2. The Balaban J connectivity index is 1.59. The van der Waals surface area contributed by atoms with Crippen LogP contribution in [0.2, 0.25) is 0 Å². The van der Waals surface area contributed by atoms with Gasteiger partial charge in [-0.2, -0.15) is 5.10 Å². The molecule has 2 heterocycles. The largest absolute Gasteiger partial charge is 0.379 e. The lowest BCUT2D eigenvalue weighted by Gasteiger charge is -2.26. The Morgan fingerprint density at radius 3 is 2.62 bits per heavy atom. The summed E-state index contributed by atoms with van der Waals surface area (Å²) in [6, 6.07) is 10.4. The molecular weight excluding hydrogens is 364 g/mol. The van der Waals surface area contributed by atoms with E-state index in [1.54, 1.807) is 0 Å². The molecule has 0 unspecified atom stereocenters. The van der Waals surface area contributed by atoms with Gasteiger partial charge in [-0.1, -0.05) is 30.3 Å². The molecule has 3 rings (SSSR count). The van der Waals surface area contributed by atoms with Crippen molar-refractivity contribution in [1.29, 1.82) is 0 Å². The number of ether oxygens (including phenoxy) is 1. The highest BCUT2D eigenvalue weighted by atomic mass is 16.5. The minimum absolute atomic E-state index is 0.624. The van der Waals surface area contributed by atoms with Crippen LogP contribution in [0.5, 0.6) is 0 Å². The highest BCUT2D eigenvalue weighted by molar-refractivity contribution is 5.79. The molecule has 0 bridgehead atoms. The molecule has 0 amide bonds. The predicted octanol–water partition coefficient (Wildman–Crippen LogP) is 1.94. The minimum atomic E-state index is 0.624. The number of hydrogen-bond acceptors (Lipinski definition) is 4. The van der Waals surface area contributed by atoms with Crippen molar-refractivity contribution in [3.8, 4) is 0 Å². The van der Waals surface area contributed by atoms with Crippen molar-refractivity contribution < 1.29 is 4.74 Å². The summed E-state index contributed by atoms with van der Waals surface area (Å²) in [6.45, 7) is 14.1. The van der Waals surface area contributed by atoms with Crippen molar-refractivity contribution >= 4 is 5.96 Å². The zero-order valence-electron chi connectivity index (χ0n) is 17.9. The van der Waals surface area contributed by atoms with E-state index in [9.17, 15) is 0 Å². The van der Waals surface area contributed by atoms with Gasteiger partial charge in [-0.05, 0) is 26.3 Å². The average Bonchev–Trinajstić information content (AvgIpc) is 3.00. The smallest absolute Gasteiger partial charge is 0.191 e. The highest BCUT2D eigenvalue weighted by Gasteiger charge is 2.12. The van der Waals surface area contributed by atoms with Crippen LogP contribution in [0.25, 0.3) is 0 Å². The van der Waals surface area contributed by atoms with Crippen molar-refractivity contribution in [3.63, 3.8) is 0 Å². The predicted molar refractivity (Wildman–Crippen MR) is 117 cm³/mol. The molecule has 1 aliphatic heterocycles. The Kier molecular flexibility index (Phi) is 8.07. The second kappa shape index (κ2) is 11.0. The number of benzene rings is 1. The number of aliphatic imine (C=N–C) groups is 1. The zero-order valence-corrected chi connectivity index (χ0v) is 17.9. The Labute approximate surface area is 174 Å². The van der Waals surface area contributed by atoms with E-state index in [2.05, 4.69) is 65.3 Å². The van der Waals surface area contributed by atoms with Crippen molar-refractivity contribution in [2.24, 2.45) is 4.99 Å². The van der Waals surface area contributed by atoms with Gasteiger partial charge in [-0.25, -0.2) is 4.99 Å². The zero-order chi connectivity index (χ0) is 20.5. The van der Waals surface area contributed by atoms with Gasteiger partial charge in [0, 0.05) is 44.0 Å². The normalized spacial score (nSPS) is 15.5. The minimum Gasteiger partial charge on any atom is -0.379 e. The number of nitrogens with one attached hydrogen (secondary N) is 2. The second-order valence-electron chi connectivity index (χ2n) is 7.37. The van der Waals surface area contributed by atoms with Crippen molar-refractivity contribution in [2.45, 2.75) is 33.9 Å². The van der Waals surface area contributed by atoms with Crippen molar-refractivity contribution in [1.82, 2.24) is 25.3 Å². The van der Waals surface area contributed by atoms with Gasteiger partial charge in [0.2, 0.25) is 0 Å². The molecule has 29 heavy (non-hydrogen) atoms. The van der Waals surface area contributed by atoms with Gasteiger partial charge in [-0.15, -0.1) is 0 Å². The van der Waals surface area contributed by atoms with Crippen LogP contribution in [0.1, 0.15) is 29.4 Å². The Hall–Kier alpha value is -2.38. The van der Waals surface area contributed by atoms with E-state index in [0.29, 0.717) is 6.54 Å². The van der Waals surface area contributed by atoms with Crippen LogP contribution < -0.4 is 10.6 Å². The summed E-state index contributed by atoms with van der Waals surface area (Å²) in [7, 11) is 0. The third-order valence-electron chi connectivity index (χ3n) is 5.27. The van der Waals surface area contributed by atoms with Crippen LogP contribution in [-0.2, 0) is 17.8 Å². The number of nitrogens with zero attached hydrogens (tertiary/aromatic N) is 4. The Morgan fingerprint density at radius 1 is 1.14 bits per heavy atom. The van der Waals surface area contributed by atoms with Crippen LogP contribution in [0, 0.1) is 13.8 Å². The van der Waals surface area contributed by atoms with E-state index in [0.717, 1.165) is 64.1 Å². The van der Waals surface area contributed by atoms with Gasteiger partial charge < -0.3 is 15.4 Å². The maximum Gasteiger partial charge on any atom is 0.191 e. The maximum absolute atomic E-state index is 5.41. The fourth-order valence-electron chi connectivity index (χ4n) is 3.53. The lowest BCUT2D eigenvalue weighted by atomic mass is 10.2. The van der Waals surface area contributed by atoms with Crippen LogP contribution in [-0.4, -0.2) is 66.6 Å². The van der Waals surface area contributed by atoms with E-state index < -0.39 is 0 Å². The van der Waals surface area contributed by atoms with Gasteiger partial charge in [-0.3, -0.25) is 9.58 Å². The van der Waals surface area contributed by atoms with Gasteiger partial charge >= 0.3 is 0 Å². The van der Waals surface area contributed by atoms with E-state index in [4.69, 9.17) is 14.8 Å². The van der Waals surface area contributed by atoms with Crippen molar-refractivity contribution in [3.05, 3.63) is 52.8 Å². The first-order chi connectivity index (χ1) is 14.2. The summed E-state index contributed by atoms with van der Waals surface area (Å²) in [5.74, 6) is 0.857. The number of guanidine groups is 1. The molecule has 1 saturated heterocycles. The fraction of sp³-hybridized carbons (Fsp3) is 0.545. The quantitative estimate of drug-likeness (QED) is 0.525. The first kappa shape index (κ1) is 21.3. The lowest BCUT2D eigenvalue weighted by Crippen LogP contribution is -2.44. The Bertz CT molecular complexity index is 780. The molecule has 1 aromatic carbocycles. The summed E-state index contributed by atoms with van der Waals surface area (Å²) < 4.78 is 7.49. The molecule has 0 atom stereocenters. The summed E-state index contributed by atoms with van der Waals surface area (Å²) in [4.78, 5) is 7.22. The number of aryl methyl sites for hydroxylation is 1. The molecule has 158 valence electrons. The second-order valence-corrected chi connectivity index (χ2v) is 7.37. The standard InChI is InChI=1S/C22H34N6O/c1-4-23-22(24-10-11-27-12-14-29-15-13-27)25-16-21-18(2)26-28(19(21)3)17-20-8-6-5-7-9-20/h5-9H,4,10-17H2,1-3H3,(H2,23,24,25). The molecule has 7 nitrogen and oxygen atoms in total. The molecule has 0 saturated carbocycles. The number of morpholine rings is 1. The van der Waals surface area contributed by atoms with Gasteiger partial charge in [0.15, 0.2) is 5.96 Å². The number of aromatic nitrogens is 2. The maximum atomic E-state index is 5.41. The summed E-state index contributed by atoms with van der Waals surface area (Å²) >= 11 is 0. The van der Waals surface area contributed by atoms with Gasteiger partial charge in [0.05, 0.1) is 32.0 Å². The molecule has 2 N–H and O–H groups in total. The molecule has 7 heteroatoms. The molecular formula is C22H34N6O. The van der Waals surface area contributed by atoms with E-state index in [1.807, 2.05) is 6.07 Å². The Morgan fingerprint density at radius 2 is 1.90 bits per heavy atom. The average molecular weight is 399 g/mol. The van der Waals surface area contributed by atoms with Crippen molar-refractivity contribution in [2.75, 3.05) is 45.9 Å². The van der Waals surface area contributed by atoms with E-state index in [-0.39, 0.29) is 0 Å². The first-order valence-electron chi connectivity index (χ1n) is 10.6. The molecule has 0 aliphatic carbocycles. The molecule has 0 spiro atoms. The first-order valence-corrected chi connectivity index (χ1v) is 10.6. The van der Waals surface area contributed by atoms with Gasteiger partial charge in [0.1, 0.15) is 0 Å². The molecule has 1 aliphatic rings. The summed E-state index contributed by atoms with van der Waals surface area (Å²) in [5.41, 5.74) is 4.68. The summed E-state index contributed by atoms with van der Waals surface area (Å²) in [6.07, 6.45) is 0. The van der Waals surface area contributed by atoms with Crippen LogP contribution in [0.4, 0.5) is 0 Å². The molecule has 0 radical (unpaired) electrons. The monoisotopic (exact) mass is 398 g/mol. The molecule has 1 fully saturated rings. The fourth-order valence-corrected chi connectivity index (χ4v) is 3.53. The van der Waals surface area contributed by atoms with E-state index >= 15 is 0 Å². The van der Waals surface area contributed by atoms with Crippen LogP contribution >= 0.6 is 0 Å². The third-order valence-corrected chi connectivity index (χ3v) is 5.27. The SMILES string of the molecule is CCNC(=NCc1c(C)nn(Cc2ccccc2)c1C)NCCN1CCOCC1. The highest BCUT2D eigenvalue weighted by Crippen LogP contribution is 2.16. The van der Waals surface area contributed by atoms with Gasteiger partial charge in [0.25, 0.3) is 0 Å². The van der Waals surface area contributed by atoms with E-state index in [1.165, 1.54) is 16.8 Å². The van der Waals surface area contributed by atoms with Crippen LogP contribution in [0.3, 0.4) is 0 Å².